The van der Waals surface area contributed by atoms with Gasteiger partial charge >= 0.3 is 0 Å². The molecule has 0 bridgehead atoms. The molecule has 1 aromatic carbocycles. The number of fused-ring (bicyclic) bond motifs is 1. The topological polar surface area (TPSA) is 116 Å². The first-order chi connectivity index (χ1) is 12.0. The predicted octanol–water partition coefficient (Wildman–Crippen LogP) is 2.30. The minimum absolute atomic E-state index is 0.0500. The Hall–Kier alpha value is -3.41. The van der Waals surface area contributed by atoms with Crippen molar-refractivity contribution >= 4 is 28.3 Å². The van der Waals surface area contributed by atoms with Crippen molar-refractivity contribution in [2.24, 2.45) is 22.2 Å². The van der Waals surface area contributed by atoms with E-state index in [1.54, 1.807) is 12.4 Å². The molecule has 0 aliphatic rings. The second-order valence-electron chi connectivity index (χ2n) is 5.84. The molecule has 6 nitrogen and oxygen atoms in total. The van der Waals surface area contributed by atoms with Gasteiger partial charge in [0.15, 0.2) is 5.96 Å². The maximum absolute atomic E-state index is 6.43. The smallest absolute Gasteiger partial charge is 0.191 e. The molecule has 6 heteroatoms. The van der Waals surface area contributed by atoms with Gasteiger partial charge in [-0.3, -0.25) is 9.97 Å². The lowest BCUT2D eigenvalue weighted by molar-refractivity contribution is 1.19. The van der Waals surface area contributed by atoms with E-state index in [9.17, 15) is 0 Å². The average Bonchev–Trinajstić information content (AvgIpc) is 2.59. The number of aryl methyl sites for hydroxylation is 2. The van der Waals surface area contributed by atoms with Gasteiger partial charge in [-0.25, -0.2) is 4.99 Å². The zero-order valence-electron chi connectivity index (χ0n) is 14.2. The molecule has 126 valence electrons. The Bertz CT molecular complexity index is 1000. The van der Waals surface area contributed by atoms with Crippen LogP contribution >= 0.6 is 0 Å². The third-order valence-corrected chi connectivity index (χ3v) is 3.94. The van der Waals surface area contributed by atoms with Crippen LogP contribution in [0.1, 0.15) is 22.4 Å². The third-order valence-electron chi connectivity index (χ3n) is 3.94. The highest BCUT2D eigenvalue weighted by atomic mass is 15.0. The minimum Gasteiger partial charge on any atom is -0.396 e. The number of rotatable bonds is 3. The van der Waals surface area contributed by atoms with E-state index in [1.807, 2.05) is 50.2 Å². The Kier molecular flexibility index (Phi) is 4.35. The number of benzene rings is 1. The number of aliphatic imine (C=N–C) groups is 1. The zero-order valence-corrected chi connectivity index (χ0v) is 14.2. The van der Waals surface area contributed by atoms with Gasteiger partial charge in [0.05, 0.1) is 16.9 Å². The number of aromatic nitrogens is 2. The molecule has 2 aromatic heterocycles. The first kappa shape index (κ1) is 16.4. The van der Waals surface area contributed by atoms with E-state index in [4.69, 9.17) is 17.2 Å². The summed E-state index contributed by atoms with van der Waals surface area (Å²) in [6.45, 7) is 3.94. The summed E-state index contributed by atoms with van der Waals surface area (Å²) in [6, 6.07) is 11.5. The highest BCUT2D eigenvalue weighted by Gasteiger charge is 2.11. The molecule has 0 aliphatic heterocycles. The van der Waals surface area contributed by atoms with Gasteiger partial charge in [0.1, 0.15) is 0 Å². The van der Waals surface area contributed by atoms with Crippen molar-refractivity contribution in [2.45, 2.75) is 13.8 Å². The fourth-order valence-electron chi connectivity index (χ4n) is 2.69. The Balaban J connectivity index is 2.23. The molecule has 2 heterocycles. The summed E-state index contributed by atoms with van der Waals surface area (Å²) in [5.41, 5.74) is 23.2. The lowest BCUT2D eigenvalue weighted by atomic mass is 10.0. The van der Waals surface area contributed by atoms with E-state index in [2.05, 4.69) is 15.0 Å². The van der Waals surface area contributed by atoms with Crippen LogP contribution in [0, 0.1) is 13.8 Å². The molecule has 0 saturated heterocycles. The van der Waals surface area contributed by atoms with E-state index in [1.165, 1.54) is 0 Å². The maximum atomic E-state index is 6.43. The van der Waals surface area contributed by atoms with E-state index >= 15 is 0 Å². The molecule has 3 aromatic rings. The van der Waals surface area contributed by atoms with Crippen molar-refractivity contribution in [3.63, 3.8) is 0 Å². The van der Waals surface area contributed by atoms with E-state index in [-0.39, 0.29) is 5.96 Å². The fourth-order valence-corrected chi connectivity index (χ4v) is 2.69. The van der Waals surface area contributed by atoms with Crippen LogP contribution in [0.5, 0.6) is 0 Å². The Morgan fingerprint density at radius 3 is 2.36 bits per heavy atom. The second-order valence-corrected chi connectivity index (χ2v) is 5.84. The van der Waals surface area contributed by atoms with Gasteiger partial charge < -0.3 is 17.2 Å². The van der Waals surface area contributed by atoms with Gasteiger partial charge in [-0.2, -0.15) is 0 Å². The average molecular weight is 332 g/mol. The van der Waals surface area contributed by atoms with E-state index in [0.29, 0.717) is 11.4 Å². The van der Waals surface area contributed by atoms with Crippen LogP contribution in [0.25, 0.3) is 22.3 Å². The molecule has 0 aliphatic carbocycles. The number of nitrogens with zero attached hydrogens (tertiary/aromatic N) is 3. The number of guanidine groups is 1. The highest BCUT2D eigenvalue weighted by molar-refractivity contribution is 5.96. The Labute approximate surface area is 146 Å². The molecule has 0 saturated carbocycles. The van der Waals surface area contributed by atoms with Crippen LogP contribution in [0.3, 0.4) is 0 Å². The Morgan fingerprint density at radius 1 is 0.880 bits per heavy atom. The summed E-state index contributed by atoms with van der Waals surface area (Å²) in [6.07, 6.45) is 3.50. The molecular formula is C19H20N6. The number of hydrogen-bond donors (Lipinski definition) is 3. The quantitative estimate of drug-likeness (QED) is 0.502. The zero-order chi connectivity index (χ0) is 18.0. The van der Waals surface area contributed by atoms with Gasteiger partial charge in [-0.15, -0.1) is 0 Å². The number of pyridine rings is 2. The largest absolute Gasteiger partial charge is 0.396 e. The van der Waals surface area contributed by atoms with Gasteiger partial charge in [-0.1, -0.05) is 6.07 Å². The lowest BCUT2D eigenvalue weighted by Gasteiger charge is -2.11. The summed E-state index contributed by atoms with van der Waals surface area (Å²) in [7, 11) is 0. The van der Waals surface area contributed by atoms with E-state index < -0.39 is 0 Å². The van der Waals surface area contributed by atoms with Crippen LogP contribution < -0.4 is 17.2 Å². The molecule has 25 heavy (non-hydrogen) atoms. The van der Waals surface area contributed by atoms with E-state index in [0.717, 1.165) is 33.3 Å². The second kappa shape index (κ2) is 6.60. The summed E-state index contributed by atoms with van der Waals surface area (Å²) in [5, 5.41) is 1.04. The normalized spacial score (nSPS) is 11.9. The van der Waals surface area contributed by atoms with Gasteiger partial charge in [0.2, 0.25) is 0 Å². The van der Waals surface area contributed by atoms with Crippen LogP contribution in [0.4, 0.5) is 0 Å². The first-order valence-electron chi connectivity index (χ1n) is 7.84. The van der Waals surface area contributed by atoms with Crippen LogP contribution in [0.2, 0.25) is 0 Å². The van der Waals surface area contributed by atoms with Crippen LogP contribution in [-0.2, 0) is 0 Å². The molecule has 3 rings (SSSR count). The van der Waals surface area contributed by atoms with Crippen molar-refractivity contribution < 1.29 is 0 Å². The fraction of sp³-hybridized carbons (Fsp3) is 0.105. The van der Waals surface area contributed by atoms with Gasteiger partial charge in [0, 0.05) is 34.6 Å². The van der Waals surface area contributed by atoms with Crippen molar-refractivity contribution in [1.29, 1.82) is 0 Å². The SMILES string of the molecule is Cc1cc(/C(N=C(N)N)=C(/N)c2ccc3nccc(C)c3c2)ccn1. The monoisotopic (exact) mass is 332 g/mol. The molecule has 0 spiro atoms. The molecule has 0 atom stereocenters. The number of nitrogens with two attached hydrogens (primary N) is 3. The van der Waals surface area contributed by atoms with Gasteiger partial charge in [-0.05, 0) is 49.7 Å². The van der Waals surface area contributed by atoms with Crippen LogP contribution in [0.15, 0.2) is 53.8 Å². The summed E-state index contributed by atoms with van der Waals surface area (Å²) in [5.74, 6) is -0.0500. The first-order valence-corrected chi connectivity index (χ1v) is 7.84. The van der Waals surface area contributed by atoms with Crippen molar-refractivity contribution in [2.75, 3.05) is 0 Å². The molecule has 0 radical (unpaired) electrons. The maximum Gasteiger partial charge on any atom is 0.191 e. The highest BCUT2D eigenvalue weighted by Crippen LogP contribution is 2.27. The lowest BCUT2D eigenvalue weighted by Crippen LogP contribution is -2.23. The van der Waals surface area contributed by atoms with Crippen LogP contribution in [-0.4, -0.2) is 15.9 Å². The molecular weight excluding hydrogens is 312 g/mol. The Morgan fingerprint density at radius 2 is 1.64 bits per heavy atom. The molecule has 0 amide bonds. The minimum atomic E-state index is -0.0500. The van der Waals surface area contributed by atoms with Crippen molar-refractivity contribution in [3.8, 4) is 0 Å². The molecule has 6 N–H and O–H groups in total. The van der Waals surface area contributed by atoms with Gasteiger partial charge in [0.25, 0.3) is 0 Å². The molecule has 0 unspecified atom stereocenters. The standard InChI is InChI=1S/C19H20N6/c1-11-5-7-24-16-4-3-13(10-15(11)16)17(20)18(25-19(21)22)14-6-8-23-12(2)9-14/h3-10H,20H2,1-2H3,(H4,21,22,25)/b18-17-. The van der Waals surface area contributed by atoms with Crippen molar-refractivity contribution in [1.82, 2.24) is 9.97 Å². The summed E-state index contributed by atoms with van der Waals surface area (Å²) >= 11 is 0. The van der Waals surface area contributed by atoms with Crippen molar-refractivity contribution in [3.05, 3.63) is 71.2 Å². The summed E-state index contributed by atoms with van der Waals surface area (Å²) < 4.78 is 0. The number of hydrogen-bond acceptors (Lipinski definition) is 4. The summed E-state index contributed by atoms with van der Waals surface area (Å²) in [4.78, 5) is 12.8. The predicted molar refractivity (Wildman–Crippen MR) is 102 cm³/mol. The third kappa shape index (κ3) is 3.42. The molecule has 0 fully saturated rings.